The minimum absolute atomic E-state index is 0.139. The molecule has 1 heterocycles. The van der Waals surface area contributed by atoms with Crippen molar-refractivity contribution in [1.29, 1.82) is 0 Å². The summed E-state index contributed by atoms with van der Waals surface area (Å²) in [7, 11) is 0. The standard InChI is InChI=1S/C17H14N2O3/c1-12-17(16(18-22-12)13-5-3-2-4-6-13)19(11-20)14-7-9-15(21)10-8-14/h2-11,21H,1H3. The van der Waals surface area contributed by atoms with Crippen LogP contribution >= 0.6 is 0 Å². The molecule has 0 aliphatic rings. The van der Waals surface area contributed by atoms with Crippen LogP contribution in [0.15, 0.2) is 59.1 Å². The maximum Gasteiger partial charge on any atom is 0.218 e. The molecular formula is C17H14N2O3. The number of carbonyl (C=O) groups excluding carboxylic acids is 1. The Labute approximate surface area is 127 Å². The van der Waals surface area contributed by atoms with E-state index in [1.54, 1.807) is 19.1 Å². The minimum Gasteiger partial charge on any atom is -0.508 e. The van der Waals surface area contributed by atoms with Crippen LogP contribution < -0.4 is 4.90 Å². The fraction of sp³-hybridized carbons (Fsp3) is 0.0588. The molecule has 0 saturated carbocycles. The topological polar surface area (TPSA) is 66.6 Å². The number of aromatic nitrogens is 1. The average molecular weight is 294 g/mol. The lowest BCUT2D eigenvalue weighted by atomic mass is 10.1. The van der Waals surface area contributed by atoms with Crippen molar-refractivity contribution in [2.45, 2.75) is 6.92 Å². The summed E-state index contributed by atoms with van der Waals surface area (Å²) >= 11 is 0. The molecule has 22 heavy (non-hydrogen) atoms. The predicted molar refractivity (Wildman–Crippen MR) is 83.0 cm³/mol. The molecule has 3 aromatic rings. The van der Waals surface area contributed by atoms with E-state index in [9.17, 15) is 9.90 Å². The number of carbonyl (C=O) groups is 1. The fourth-order valence-corrected chi connectivity index (χ4v) is 2.29. The number of phenols is 1. The van der Waals surface area contributed by atoms with Crippen molar-refractivity contribution < 1.29 is 14.4 Å². The number of anilines is 2. The van der Waals surface area contributed by atoms with Gasteiger partial charge < -0.3 is 9.63 Å². The molecule has 2 aromatic carbocycles. The van der Waals surface area contributed by atoms with Crippen LogP contribution in [-0.2, 0) is 4.79 Å². The third-order valence-corrected chi connectivity index (χ3v) is 3.35. The second kappa shape index (κ2) is 5.73. The molecule has 0 atom stereocenters. The van der Waals surface area contributed by atoms with Crippen molar-refractivity contribution in [3.05, 3.63) is 60.4 Å². The van der Waals surface area contributed by atoms with Crippen LogP contribution in [0.25, 0.3) is 11.3 Å². The van der Waals surface area contributed by atoms with E-state index >= 15 is 0 Å². The zero-order valence-corrected chi connectivity index (χ0v) is 11.9. The SMILES string of the molecule is Cc1onc(-c2ccccc2)c1N(C=O)c1ccc(O)cc1. The number of hydrogen-bond acceptors (Lipinski definition) is 4. The molecule has 1 N–H and O–H groups in total. The van der Waals surface area contributed by atoms with E-state index < -0.39 is 0 Å². The van der Waals surface area contributed by atoms with Crippen molar-refractivity contribution in [2.75, 3.05) is 4.90 Å². The molecule has 0 bridgehead atoms. The summed E-state index contributed by atoms with van der Waals surface area (Å²) in [4.78, 5) is 13.1. The van der Waals surface area contributed by atoms with Crippen LogP contribution in [0.1, 0.15) is 5.76 Å². The molecule has 5 heteroatoms. The van der Waals surface area contributed by atoms with E-state index in [0.717, 1.165) is 5.56 Å². The normalized spacial score (nSPS) is 10.4. The Morgan fingerprint density at radius 2 is 1.77 bits per heavy atom. The van der Waals surface area contributed by atoms with Gasteiger partial charge in [0.05, 0.1) is 0 Å². The van der Waals surface area contributed by atoms with Gasteiger partial charge in [-0.3, -0.25) is 9.69 Å². The Balaban J connectivity index is 2.12. The van der Waals surface area contributed by atoms with Gasteiger partial charge in [-0.1, -0.05) is 35.5 Å². The summed E-state index contributed by atoms with van der Waals surface area (Å²) in [6.07, 6.45) is 0.707. The van der Waals surface area contributed by atoms with E-state index in [1.165, 1.54) is 17.0 Å². The Kier molecular flexibility index (Phi) is 3.62. The largest absolute Gasteiger partial charge is 0.508 e. The maximum atomic E-state index is 11.6. The third-order valence-electron chi connectivity index (χ3n) is 3.35. The third kappa shape index (κ3) is 2.44. The van der Waals surface area contributed by atoms with E-state index in [-0.39, 0.29) is 5.75 Å². The fourth-order valence-electron chi connectivity index (χ4n) is 2.29. The van der Waals surface area contributed by atoms with Gasteiger partial charge in [0, 0.05) is 11.3 Å². The molecule has 1 amide bonds. The molecule has 0 aliphatic carbocycles. The van der Waals surface area contributed by atoms with Gasteiger partial charge in [0.2, 0.25) is 6.41 Å². The van der Waals surface area contributed by atoms with Gasteiger partial charge in [-0.05, 0) is 31.2 Å². The van der Waals surface area contributed by atoms with Gasteiger partial charge in [-0.25, -0.2) is 0 Å². The summed E-state index contributed by atoms with van der Waals surface area (Å²) in [5.74, 6) is 0.680. The quantitative estimate of drug-likeness (QED) is 0.746. The molecule has 0 aliphatic heterocycles. The summed E-state index contributed by atoms with van der Waals surface area (Å²) < 4.78 is 5.28. The zero-order valence-electron chi connectivity index (χ0n) is 11.9. The first-order valence-corrected chi connectivity index (χ1v) is 6.76. The molecule has 0 unspecified atom stereocenters. The van der Waals surface area contributed by atoms with Crippen molar-refractivity contribution in [3.8, 4) is 17.0 Å². The Morgan fingerprint density at radius 1 is 1.09 bits per heavy atom. The summed E-state index contributed by atoms with van der Waals surface area (Å²) in [5.41, 5.74) is 2.67. The highest BCUT2D eigenvalue weighted by molar-refractivity contribution is 5.93. The van der Waals surface area contributed by atoms with E-state index in [4.69, 9.17) is 4.52 Å². The number of rotatable bonds is 4. The van der Waals surface area contributed by atoms with E-state index in [2.05, 4.69) is 5.16 Å². The molecule has 0 spiro atoms. The number of hydrogen-bond donors (Lipinski definition) is 1. The van der Waals surface area contributed by atoms with Gasteiger partial charge >= 0.3 is 0 Å². The summed E-state index contributed by atoms with van der Waals surface area (Å²) in [6.45, 7) is 1.76. The lowest BCUT2D eigenvalue weighted by molar-refractivity contribution is -0.106. The Bertz CT molecular complexity index is 779. The van der Waals surface area contributed by atoms with Crippen LogP contribution in [0.5, 0.6) is 5.75 Å². The number of aryl methyl sites for hydroxylation is 1. The van der Waals surface area contributed by atoms with E-state index in [0.29, 0.717) is 29.2 Å². The van der Waals surface area contributed by atoms with Gasteiger partial charge in [-0.2, -0.15) is 0 Å². The lowest BCUT2D eigenvalue weighted by Crippen LogP contribution is -2.15. The van der Waals surface area contributed by atoms with Gasteiger partial charge in [0.15, 0.2) is 5.76 Å². The van der Waals surface area contributed by atoms with Gasteiger partial charge in [0.25, 0.3) is 0 Å². The van der Waals surface area contributed by atoms with Crippen molar-refractivity contribution in [2.24, 2.45) is 0 Å². The van der Waals surface area contributed by atoms with Crippen molar-refractivity contribution >= 4 is 17.8 Å². The second-order valence-corrected chi connectivity index (χ2v) is 4.79. The zero-order chi connectivity index (χ0) is 15.5. The smallest absolute Gasteiger partial charge is 0.218 e. The van der Waals surface area contributed by atoms with Gasteiger partial charge in [0.1, 0.15) is 17.1 Å². The highest BCUT2D eigenvalue weighted by Gasteiger charge is 2.21. The maximum absolute atomic E-state index is 11.6. The highest BCUT2D eigenvalue weighted by Crippen LogP contribution is 2.36. The number of benzene rings is 2. The average Bonchev–Trinajstić information content (AvgIpc) is 2.93. The lowest BCUT2D eigenvalue weighted by Gasteiger charge is -2.17. The first-order valence-electron chi connectivity index (χ1n) is 6.76. The first-order chi connectivity index (χ1) is 10.7. The first kappa shape index (κ1) is 13.9. The van der Waals surface area contributed by atoms with E-state index in [1.807, 2.05) is 30.3 Å². The Hall–Kier alpha value is -3.08. The van der Waals surface area contributed by atoms with Crippen LogP contribution in [0.2, 0.25) is 0 Å². The number of phenolic OH excluding ortho intramolecular Hbond substituents is 1. The second-order valence-electron chi connectivity index (χ2n) is 4.79. The number of aromatic hydroxyl groups is 1. The Morgan fingerprint density at radius 3 is 2.41 bits per heavy atom. The molecule has 110 valence electrons. The van der Waals surface area contributed by atoms with Crippen molar-refractivity contribution in [1.82, 2.24) is 5.16 Å². The molecule has 1 aromatic heterocycles. The van der Waals surface area contributed by atoms with Crippen molar-refractivity contribution in [3.63, 3.8) is 0 Å². The molecule has 0 saturated heterocycles. The van der Waals surface area contributed by atoms with Gasteiger partial charge in [-0.15, -0.1) is 0 Å². The van der Waals surface area contributed by atoms with Crippen LogP contribution in [0.3, 0.4) is 0 Å². The van der Waals surface area contributed by atoms with Crippen LogP contribution in [0, 0.1) is 6.92 Å². The molecule has 5 nitrogen and oxygen atoms in total. The summed E-state index contributed by atoms with van der Waals surface area (Å²) in [6, 6.07) is 15.9. The molecule has 0 fully saturated rings. The molecular weight excluding hydrogens is 280 g/mol. The molecule has 0 radical (unpaired) electrons. The minimum atomic E-state index is 0.139. The summed E-state index contributed by atoms with van der Waals surface area (Å²) in [5, 5.41) is 13.5. The number of amides is 1. The molecule has 3 rings (SSSR count). The van der Waals surface area contributed by atoms with Crippen LogP contribution in [-0.4, -0.2) is 16.7 Å². The van der Waals surface area contributed by atoms with Crippen LogP contribution in [0.4, 0.5) is 11.4 Å². The monoisotopic (exact) mass is 294 g/mol. The predicted octanol–water partition coefficient (Wildman–Crippen LogP) is 3.65. The number of nitrogens with zero attached hydrogens (tertiary/aromatic N) is 2. The highest BCUT2D eigenvalue weighted by atomic mass is 16.5.